The van der Waals surface area contributed by atoms with Crippen LogP contribution in [0.15, 0.2) is 18.2 Å². The molecule has 1 aromatic carbocycles. The van der Waals surface area contributed by atoms with Crippen molar-refractivity contribution in [2.24, 2.45) is 5.92 Å². The van der Waals surface area contributed by atoms with Crippen LogP contribution in [-0.4, -0.2) is 18.2 Å². The zero-order chi connectivity index (χ0) is 11.7. The number of rotatable bonds is 2. The van der Waals surface area contributed by atoms with Gasteiger partial charge < -0.3 is 5.32 Å². The highest BCUT2D eigenvalue weighted by Crippen LogP contribution is 2.18. The quantitative estimate of drug-likeness (QED) is 0.768. The first kappa shape index (κ1) is 10.9. The van der Waals surface area contributed by atoms with Crippen molar-refractivity contribution in [1.29, 1.82) is 0 Å². The van der Waals surface area contributed by atoms with Gasteiger partial charge in [0.1, 0.15) is 0 Å². The maximum atomic E-state index is 11.8. The maximum absolute atomic E-state index is 11.8. The molecule has 0 saturated carbocycles. The van der Waals surface area contributed by atoms with E-state index in [4.69, 9.17) is 0 Å². The summed E-state index contributed by atoms with van der Waals surface area (Å²) in [6.45, 7) is 4.41. The van der Waals surface area contributed by atoms with E-state index in [-0.39, 0.29) is 17.6 Å². The predicted octanol–water partition coefficient (Wildman–Crippen LogP) is 1.81. The van der Waals surface area contributed by atoms with E-state index in [1.807, 2.05) is 26.0 Å². The van der Waals surface area contributed by atoms with Crippen molar-refractivity contribution < 1.29 is 9.59 Å². The van der Waals surface area contributed by atoms with Gasteiger partial charge in [-0.05, 0) is 18.1 Å². The lowest BCUT2D eigenvalue weighted by molar-refractivity contribution is 0.0939. The third kappa shape index (κ3) is 1.85. The molecule has 0 atom stereocenters. The maximum Gasteiger partial charge on any atom is 0.251 e. The Morgan fingerprint density at radius 1 is 1.38 bits per heavy atom. The molecule has 1 aliphatic rings. The highest BCUT2D eigenvalue weighted by molar-refractivity contribution is 6.02. The average molecular weight is 217 g/mol. The summed E-state index contributed by atoms with van der Waals surface area (Å²) in [5.74, 6) is -0.0227. The van der Waals surface area contributed by atoms with E-state index in [2.05, 4.69) is 5.32 Å². The lowest BCUT2D eigenvalue weighted by Crippen LogP contribution is -2.32. The van der Waals surface area contributed by atoms with Gasteiger partial charge in [-0.2, -0.15) is 0 Å². The summed E-state index contributed by atoms with van der Waals surface area (Å²) in [5, 5.41) is 2.78. The Balaban J connectivity index is 2.41. The molecular weight excluding hydrogens is 202 g/mol. The second kappa shape index (κ2) is 4.08. The summed E-state index contributed by atoms with van der Waals surface area (Å²) in [6, 6.07) is 5.43. The Hall–Kier alpha value is -1.64. The monoisotopic (exact) mass is 217 g/mol. The molecule has 0 saturated heterocycles. The number of Topliss-reactive ketones (excluding diaryl/α,β-unsaturated/α-hetero) is 1. The zero-order valence-corrected chi connectivity index (χ0v) is 9.54. The average Bonchev–Trinajstić information content (AvgIpc) is 2.28. The number of ketones is 1. The number of carbonyl (C=O) groups is 2. The van der Waals surface area contributed by atoms with Crippen molar-refractivity contribution in [1.82, 2.24) is 5.32 Å². The van der Waals surface area contributed by atoms with Crippen molar-refractivity contribution in [3.05, 3.63) is 34.9 Å². The summed E-state index contributed by atoms with van der Waals surface area (Å²) in [7, 11) is 0. The first-order valence-corrected chi connectivity index (χ1v) is 5.55. The molecule has 0 aliphatic carbocycles. The van der Waals surface area contributed by atoms with Gasteiger partial charge in [0.2, 0.25) is 0 Å². The van der Waals surface area contributed by atoms with Crippen LogP contribution in [0.2, 0.25) is 0 Å². The summed E-state index contributed by atoms with van der Waals surface area (Å²) in [4.78, 5) is 23.4. The van der Waals surface area contributed by atoms with Crippen LogP contribution in [0.1, 0.15) is 40.1 Å². The lowest BCUT2D eigenvalue weighted by Gasteiger charge is -2.17. The van der Waals surface area contributed by atoms with Gasteiger partial charge in [0.15, 0.2) is 5.78 Å². The number of hydrogen-bond acceptors (Lipinski definition) is 2. The van der Waals surface area contributed by atoms with Gasteiger partial charge in [0, 0.05) is 23.6 Å². The molecule has 1 heterocycles. The van der Waals surface area contributed by atoms with E-state index in [1.54, 1.807) is 6.07 Å². The SMILES string of the molecule is CC(C)C(=O)c1ccc2c(c1)C(=O)NCC2. The fourth-order valence-corrected chi connectivity index (χ4v) is 1.90. The van der Waals surface area contributed by atoms with E-state index in [0.717, 1.165) is 12.0 Å². The molecule has 0 fully saturated rings. The first-order chi connectivity index (χ1) is 7.59. The standard InChI is InChI=1S/C13H15NO2/c1-8(2)12(15)10-4-3-9-5-6-14-13(16)11(9)7-10/h3-4,7-8H,5-6H2,1-2H3,(H,14,16). The second-order valence-corrected chi connectivity index (χ2v) is 4.40. The molecule has 0 bridgehead atoms. The lowest BCUT2D eigenvalue weighted by atomic mass is 9.93. The van der Waals surface area contributed by atoms with Crippen molar-refractivity contribution in [3.8, 4) is 0 Å². The Labute approximate surface area is 94.9 Å². The number of carbonyl (C=O) groups excluding carboxylic acids is 2. The zero-order valence-electron chi connectivity index (χ0n) is 9.54. The number of fused-ring (bicyclic) bond motifs is 1. The third-order valence-corrected chi connectivity index (χ3v) is 2.84. The van der Waals surface area contributed by atoms with Crippen LogP contribution in [0.4, 0.5) is 0 Å². The van der Waals surface area contributed by atoms with Crippen LogP contribution in [-0.2, 0) is 6.42 Å². The summed E-state index contributed by atoms with van der Waals surface area (Å²) in [5.41, 5.74) is 2.31. The van der Waals surface area contributed by atoms with Gasteiger partial charge >= 0.3 is 0 Å². The molecule has 1 aromatic rings. The topological polar surface area (TPSA) is 46.2 Å². The van der Waals surface area contributed by atoms with E-state index in [1.165, 1.54) is 0 Å². The van der Waals surface area contributed by atoms with Crippen molar-refractivity contribution in [2.75, 3.05) is 6.54 Å². The smallest absolute Gasteiger partial charge is 0.251 e. The van der Waals surface area contributed by atoms with Gasteiger partial charge in [-0.1, -0.05) is 26.0 Å². The molecule has 84 valence electrons. The molecule has 3 nitrogen and oxygen atoms in total. The number of hydrogen-bond donors (Lipinski definition) is 1. The molecule has 16 heavy (non-hydrogen) atoms. The highest BCUT2D eigenvalue weighted by Gasteiger charge is 2.19. The number of nitrogens with one attached hydrogen (secondary N) is 1. The van der Waals surface area contributed by atoms with Crippen LogP contribution in [0, 0.1) is 5.92 Å². The van der Waals surface area contributed by atoms with Crippen molar-refractivity contribution >= 4 is 11.7 Å². The van der Waals surface area contributed by atoms with E-state index < -0.39 is 0 Å². The predicted molar refractivity (Wildman–Crippen MR) is 61.6 cm³/mol. The summed E-state index contributed by atoms with van der Waals surface area (Å²) >= 11 is 0. The van der Waals surface area contributed by atoms with Crippen LogP contribution >= 0.6 is 0 Å². The van der Waals surface area contributed by atoms with Gasteiger partial charge in [0.05, 0.1) is 0 Å². The van der Waals surface area contributed by atoms with Crippen molar-refractivity contribution in [2.45, 2.75) is 20.3 Å². The summed E-state index contributed by atoms with van der Waals surface area (Å²) in [6.07, 6.45) is 0.844. The van der Waals surface area contributed by atoms with E-state index in [9.17, 15) is 9.59 Å². The van der Waals surface area contributed by atoms with Crippen LogP contribution in [0.3, 0.4) is 0 Å². The van der Waals surface area contributed by atoms with Gasteiger partial charge in [-0.3, -0.25) is 9.59 Å². The van der Waals surface area contributed by atoms with Gasteiger partial charge in [-0.15, -0.1) is 0 Å². The molecule has 0 unspecified atom stereocenters. The Morgan fingerprint density at radius 2 is 2.12 bits per heavy atom. The van der Waals surface area contributed by atoms with Crippen LogP contribution < -0.4 is 5.32 Å². The van der Waals surface area contributed by atoms with Crippen LogP contribution in [0.25, 0.3) is 0 Å². The van der Waals surface area contributed by atoms with E-state index >= 15 is 0 Å². The minimum absolute atomic E-state index is 0.0373. The largest absolute Gasteiger partial charge is 0.352 e. The van der Waals surface area contributed by atoms with Gasteiger partial charge in [-0.25, -0.2) is 0 Å². The molecule has 3 heteroatoms. The molecular formula is C13H15NO2. The molecule has 2 rings (SSSR count). The highest BCUT2D eigenvalue weighted by atomic mass is 16.1. The molecule has 1 aliphatic heterocycles. The normalized spacial score (nSPS) is 14.6. The van der Waals surface area contributed by atoms with Gasteiger partial charge in [0.25, 0.3) is 5.91 Å². The fourth-order valence-electron chi connectivity index (χ4n) is 1.90. The summed E-state index contributed by atoms with van der Waals surface area (Å²) < 4.78 is 0. The van der Waals surface area contributed by atoms with Crippen molar-refractivity contribution in [3.63, 3.8) is 0 Å². The molecule has 0 spiro atoms. The second-order valence-electron chi connectivity index (χ2n) is 4.40. The number of benzene rings is 1. The Kier molecular flexibility index (Phi) is 2.77. The minimum Gasteiger partial charge on any atom is -0.352 e. The Morgan fingerprint density at radius 3 is 2.81 bits per heavy atom. The molecule has 1 amide bonds. The van der Waals surface area contributed by atoms with E-state index in [0.29, 0.717) is 17.7 Å². The number of amides is 1. The Bertz CT molecular complexity index is 449. The fraction of sp³-hybridized carbons (Fsp3) is 0.385. The minimum atomic E-state index is -0.0698. The molecule has 0 aromatic heterocycles. The molecule has 0 radical (unpaired) electrons. The third-order valence-electron chi connectivity index (χ3n) is 2.84. The first-order valence-electron chi connectivity index (χ1n) is 5.55. The molecule has 1 N–H and O–H groups in total. The van der Waals surface area contributed by atoms with Crippen LogP contribution in [0.5, 0.6) is 0 Å².